The van der Waals surface area contributed by atoms with Crippen molar-refractivity contribution in [3.8, 4) is 11.5 Å². The van der Waals surface area contributed by atoms with E-state index in [1.165, 1.54) is 4.90 Å². The van der Waals surface area contributed by atoms with Crippen LogP contribution in [-0.4, -0.2) is 50.3 Å². The molecule has 240 valence electrons. The van der Waals surface area contributed by atoms with Gasteiger partial charge in [-0.1, -0.05) is 79.1 Å². The molecule has 1 N–H and O–H groups in total. The average Bonchev–Trinajstić information content (AvgIpc) is 3.58. The van der Waals surface area contributed by atoms with Crippen molar-refractivity contribution in [3.63, 3.8) is 0 Å². The summed E-state index contributed by atoms with van der Waals surface area (Å²) in [4.78, 5) is 29.2. The summed E-state index contributed by atoms with van der Waals surface area (Å²) in [5, 5.41) is 3.11. The highest BCUT2D eigenvalue weighted by molar-refractivity contribution is 7.92. The first kappa shape index (κ1) is 32.8. The second-order valence-corrected chi connectivity index (χ2v) is 13.6. The third-order valence-corrected chi connectivity index (χ3v) is 10.1. The topological polar surface area (TPSA) is 96.0 Å². The van der Waals surface area contributed by atoms with Gasteiger partial charge in [0.25, 0.3) is 10.0 Å². The number of hydrogen-bond donors (Lipinski definition) is 1. The highest BCUT2D eigenvalue weighted by Gasteiger charge is 2.33. The first-order chi connectivity index (χ1) is 22.2. The number of anilines is 1. The predicted octanol–water partition coefficient (Wildman–Crippen LogP) is 6.50. The van der Waals surface area contributed by atoms with Crippen LogP contribution in [0.5, 0.6) is 11.5 Å². The van der Waals surface area contributed by atoms with Crippen LogP contribution >= 0.6 is 0 Å². The molecule has 0 saturated heterocycles. The van der Waals surface area contributed by atoms with E-state index in [4.69, 9.17) is 4.74 Å². The summed E-state index contributed by atoms with van der Waals surface area (Å²) in [6, 6.07) is 31.5. The Bertz CT molecular complexity index is 1690. The lowest BCUT2D eigenvalue weighted by molar-refractivity contribution is -0.139. The molecule has 1 unspecified atom stereocenters. The molecule has 4 aromatic rings. The molecule has 5 rings (SSSR count). The molecule has 1 atom stereocenters. The van der Waals surface area contributed by atoms with E-state index in [1.54, 1.807) is 55.5 Å². The van der Waals surface area contributed by atoms with Gasteiger partial charge in [-0.2, -0.15) is 0 Å². The van der Waals surface area contributed by atoms with Crippen LogP contribution in [0, 0.1) is 6.92 Å². The fourth-order valence-corrected chi connectivity index (χ4v) is 7.05. The second-order valence-electron chi connectivity index (χ2n) is 11.7. The summed E-state index contributed by atoms with van der Waals surface area (Å²) < 4.78 is 35.3. The molecule has 0 spiro atoms. The van der Waals surface area contributed by atoms with Crippen LogP contribution < -0.4 is 14.4 Å². The van der Waals surface area contributed by atoms with Gasteiger partial charge in [-0.25, -0.2) is 8.42 Å². The zero-order valence-electron chi connectivity index (χ0n) is 26.3. The smallest absolute Gasteiger partial charge is 0.264 e. The van der Waals surface area contributed by atoms with E-state index in [-0.39, 0.29) is 23.4 Å². The standard InChI is InChI=1S/C37H41N3O5S/c1-28-17-23-35(24-18-28)46(43,44)40(32-19-21-34(22-20-32)45-33-15-7-4-8-16-33)27-36(41)39(26-25-30-11-5-3-6-12-30)29(2)37(42)38-31-13-9-10-14-31/h3-8,11-12,15-24,29,31H,9-10,13-14,25-27H2,1-2H3,(H,38,42). The minimum Gasteiger partial charge on any atom is -0.457 e. The number of ether oxygens (including phenoxy) is 1. The molecule has 1 aliphatic carbocycles. The zero-order chi connectivity index (χ0) is 32.5. The first-order valence-corrected chi connectivity index (χ1v) is 17.2. The SMILES string of the molecule is Cc1ccc(S(=O)(=O)N(CC(=O)N(CCc2ccccc2)C(C)C(=O)NC2CCCC2)c2ccc(Oc3ccccc3)cc2)cc1. The number of amides is 2. The average molecular weight is 640 g/mol. The van der Waals surface area contributed by atoms with Gasteiger partial charge in [0, 0.05) is 12.6 Å². The molecule has 1 aliphatic rings. The van der Waals surface area contributed by atoms with Crippen LogP contribution in [0.15, 0.2) is 114 Å². The molecule has 2 amide bonds. The van der Waals surface area contributed by atoms with Gasteiger partial charge in [-0.15, -0.1) is 0 Å². The van der Waals surface area contributed by atoms with Crippen LogP contribution in [0.3, 0.4) is 0 Å². The Morgan fingerprint density at radius 2 is 1.41 bits per heavy atom. The number of benzene rings is 4. The molecule has 8 nitrogen and oxygen atoms in total. The van der Waals surface area contributed by atoms with Crippen LogP contribution in [0.4, 0.5) is 5.69 Å². The van der Waals surface area contributed by atoms with Crippen LogP contribution in [0.1, 0.15) is 43.7 Å². The highest BCUT2D eigenvalue weighted by atomic mass is 32.2. The molecular weight excluding hydrogens is 598 g/mol. The van der Waals surface area contributed by atoms with E-state index in [0.29, 0.717) is 23.6 Å². The van der Waals surface area contributed by atoms with E-state index in [9.17, 15) is 18.0 Å². The molecule has 0 heterocycles. The summed E-state index contributed by atoms with van der Waals surface area (Å²) in [5.74, 6) is 0.470. The second kappa shape index (κ2) is 15.1. The number of aryl methyl sites for hydroxylation is 1. The molecule has 9 heteroatoms. The number of nitrogens with one attached hydrogen (secondary N) is 1. The maximum atomic E-state index is 14.2. The number of para-hydroxylation sites is 1. The third-order valence-electron chi connectivity index (χ3n) is 8.34. The molecule has 0 aromatic heterocycles. The van der Waals surface area contributed by atoms with E-state index in [0.717, 1.165) is 41.1 Å². The van der Waals surface area contributed by atoms with E-state index in [1.807, 2.05) is 67.6 Å². The molecule has 1 saturated carbocycles. The van der Waals surface area contributed by atoms with Gasteiger partial charge in [0.2, 0.25) is 11.8 Å². The minimum atomic E-state index is -4.16. The first-order valence-electron chi connectivity index (χ1n) is 15.8. The maximum Gasteiger partial charge on any atom is 0.264 e. The lowest BCUT2D eigenvalue weighted by Crippen LogP contribution is -2.53. The van der Waals surface area contributed by atoms with Crippen molar-refractivity contribution in [1.82, 2.24) is 10.2 Å². The Labute approximate surface area is 272 Å². The van der Waals surface area contributed by atoms with Crippen molar-refractivity contribution in [2.75, 3.05) is 17.4 Å². The number of carbonyl (C=O) groups excluding carboxylic acids is 2. The summed E-state index contributed by atoms with van der Waals surface area (Å²) in [6.45, 7) is 3.36. The maximum absolute atomic E-state index is 14.2. The number of carbonyl (C=O) groups is 2. The zero-order valence-corrected chi connectivity index (χ0v) is 27.2. The Morgan fingerprint density at radius 1 is 0.826 bits per heavy atom. The van der Waals surface area contributed by atoms with E-state index >= 15 is 0 Å². The van der Waals surface area contributed by atoms with Gasteiger partial charge in [-0.3, -0.25) is 13.9 Å². The number of sulfonamides is 1. The van der Waals surface area contributed by atoms with E-state index in [2.05, 4.69) is 5.32 Å². The molecule has 0 aliphatic heterocycles. The van der Waals surface area contributed by atoms with Gasteiger partial charge in [0.05, 0.1) is 10.6 Å². The Kier molecular flexibility index (Phi) is 10.8. The van der Waals surface area contributed by atoms with Crippen molar-refractivity contribution >= 4 is 27.5 Å². The Balaban J connectivity index is 1.44. The summed E-state index contributed by atoms with van der Waals surface area (Å²) in [6.07, 6.45) is 4.49. The Hall–Kier alpha value is -4.63. The molecule has 4 aromatic carbocycles. The summed E-state index contributed by atoms with van der Waals surface area (Å²) in [5.41, 5.74) is 2.24. The largest absolute Gasteiger partial charge is 0.457 e. The van der Waals surface area contributed by atoms with Crippen molar-refractivity contribution in [3.05, 3.63) is 120 Å². The predicted molar refractivity (Wildman–Crippen MR) is 180 cm³/mol. The Morgan fingerprint density at radius 3 is 2.04 bits per heavy atom. The van der Waals surface area contributed by atoms with Gasteiger partial charge in [-0.05, 0) is 87.2 Å². The molecule has 0 radical (unpaired) electrons. The molecule has 46 heavy (non-hydrogen) atoms. The van der Waals surface area contributed by atoms with Crippen molar-refractivity contribution in [2.24, 2.45) is 0 Å². The number of hydrogen-bond acceptors (Lipinski definition) is 5. The van der Waals surface area contributed by atoms with Crippen LogP contribution in [0.25, 0.3) is 0 Å². The van der Waals surface area contributed by atoms with Crippen molar-refractivity contribution < 1.29 is 22.7 Å². The number of rotatable bonds is 13. The third kappa shape index (κ3) is 8.34. The highest BCUT2D eigenvalue weighted by Crippen LogP contribution is 2.29. The summed E-state index contributed by atoms with van der Waals surface area (Å²) >= 11 is 0. The lowest BCUT2D eigenvalue weighted by Gasteiger charge is -2.32. The fourth-order valence-electron chi connectivity index (χ4n) is 5.63. The van der Waals surface area contributed by atoms with Crippen molar-refractivity contribution in [2.45, 2.75) is 62.9 Å². The van der Waals surface area contributed by atoms with Crippen molar-refractivity contribution in [1.29, 1.82) is 0 Å². The molecule has 0 bridgehead atoms. The van der Waals surface area contributed by atoms with Gasteiger partial charge < -0.3 is 15.0 Å². The van der Waals surface area contributed by atoms with Gasteiger partial charge >= 0.3 is 0 Å². The molecule has 1 fully saturated rings. The van der Waals surface area contributed by atoms with Gasteiger partial charge in [0.1, 0.15) is 24.1 Å². The monoisotopic (exact) mass is 639 g/mol. The number of nitrogens with zero attached hydrogens (tertiary/aromatic N) is 2. The van der Waals surface area contributed by atoms with E-state index < -0.39 is 28.5 Å². The molecular formula is C37H41N3O5S. The van der Waals surface area contributed by atoms with Crippen LogP contribution in [-0.2, 0) is 26.0 Å². The summed E-state index contributed by atoms with van der Waals surface area (Å²) in [7, 11) is -4.16. The minimum absolute atomic E-state index is 0.0679. The fraction of sp³-hybridized carbons (Fsp3) is 0.297. The quantitative estimate of drug-likeness (QED) is 0.180. The van der Waals surface area contributed by atoms with Crippen LogP contribution in [0.2, 0.25) is 0 Å². The van der Waals surface area contributed by atoms with Gasteiger partial charge in [0.15, 0.2) is 0 Å². The lowest BCUT2D eigenvalue weighted by atomic mass is 10.1. The normalized spacial score (nSPS) is 14.0.